The molecule has 13 nitrogen and oxygen atoms in total. The first-order valence-corrected chi connectivity index (χ1v) is 9.87. The Morgan fingerprint density at radius 2 is 1.39 bits per heavy atom. The van der Waals surface area contributed by atoms with Gasteiger partial charge in [-0.1, -0.05) is 0 Å². The largest absolute Gasteiger partial charge is 0.756 e. The smallest absolute Gasteiger partial charge is 0.268 e. The zero-order valence-corrected chi connectivity index (χ0v) is 16.9. The van der Waals surface area contributed by atoms with Crippen LogP contribution in [0.25, 0.3) is 0 Å². The number of hydrogen-bond acceptors (Lipinski definition) is 12. The molecule has 0 saturated heterocycles. The molecule has 1 aliphatic rings. The summed E-state index contributed by atoms with van der Waals surface area (Å²) in [6.45, 7) is -0.480. The summed E-state index contributed by atoms with van der Waals surface area (Å²) < 4.78 is 20.8. The van der Waals surface area contributed by atoms with Gasteiger partial charge in [0.1, 0.15) is 49.3 Å². The van der Waals surface area contributed by atoms with Crippen molar-refractivity contribution < 1.29 is 63.8 Å². The maximum atomic E-state index is 11.4. The molecule has 0 radical (unpaired) electrons. The van der Waals surface area contributed by atoms with E-state index in [2.05, 4.69) is 30.2 Å². The number of hydrogen-bond donors (Lipinski definition) is 8. The summed E-state index contributed by atoms with van der Waals surface area (Å²) in [4.78, 5) is 11.4. The molecule has 1 saturated carbocycles. The number of aliphatic hydroxyl groups is 8. The second kappa shape index (κ2) is 11.8. The zero-order chi connectivity index (χ0) is 22.3. The van der Waals surface area contributed by atoms with Crippen molar-refractivity contribution in [2.75, 3.05) is 47.5 Å². The lowest BCUT2D eigenvalue weighted by Crippen LogP contribution is -2.64. The third kappa shape index (κ3) is 9.50. The lowest BCUT2D eigenvalue weighted by atomic mass is 9.85. The molecule has 0 bridgehead atoms. The van der Waals surface area contributed by atoms with E-state index in [4.69, 9.17) is 15.3 Å². The fourth-order valence-corrected chi connectivity index (χ4v) is 2.99. The van der Waals surface area contributed by atoms with E-state index in [9.17, 15) is 35.0 Å². The summed E-state index contributed by atoms with van der Waals surface area (Å²) in [5.74, 6) is 0. The number of likely N-dealkylation sites (N-methyl/N-ethyl adjacent to an activating group) is 1. The van der Waals surface area contributed by atoms with Crippen molar-refractivity contribution in [3.63, 3.8) is 0 Å². The maximum Gasteiger partial charge on any atom is 0.268 e. The molecule has 0 aromatic rings. The molecule has 1 rings (SSSR count). The minimum atomic E-state index is -5.12. The fourth-order valence-electron chi connectivity index (χ4n) is 2.03. The van der Waals surface area contributed by atoms with Crippen molar-refractivity contribution in [2.45, 2.75) is 42.7 Å². The van der Waals surface area contributed by atoms with Gasteiger partial charge in [0.15, 0.2) is 0 Å². The van der Waals surface area contributed by atoms with Gasteiger partial charge in [-0.25, -0.2) is 0 Å². The quantitative estimate of drug-likeness (QED) is 0.132. The van der Waals surface area contributed by atoms with Crippen LogP contribution >= 0.6 is 7.82 Å². The van der Waals surface area contributed by atoms with Gasteiger partial charge in [-0.2, -0.15) is 0 Å². The highest BCUT2D eigenvalue weighted by Gasteiger charge is 2.50. The molecule has 0 aliphatic heterocycles. The van der Waals surface area contributed by atoms with E-state index in [1.54, 1.807) is 0 Å². The molecular weight excluding hydrogens is 405 g/mol. The van der Waals surface area contributed by atoms with Gasteiger partial charge in [-0.05, 0) is 0 Å². The highest BCUT2D eigenvalue weighted by Crippen LogP contribution is 2.43. The summed E-state index contributed by atoms with van der Waals surface area (Å²) in [7, 11) is 1.03. The first-order chi connectivity index (χ1) is 12.7. The Morgan fingerprint density at radius 1 is 0.964 bits per heavy atom. The summed E-state index contributed by atoms with van der Waals surface area (Å²) in [5, 5.41) is 73.1. The summed E-state index contributed by atoms with van der Waals surface area (Å²) >= 11 is 0. The van der Waals surface area contributed by atoms with Gasteiger partial charge in [-0.15, -0.1) is 0 Å². The molecule has 170 valence electrons. The highest BCUT2D eigenvalue weighted by atomic mass is 31.2. The lowest BCUT2D eigenvalue weighted by Gasteiger charge is -2.43. The van der Waals surface area contributed by atoms with Gasteiger partial charge in [0.2, 0.25) is 0 Å². The number of quaternary nitrogens is 1. The number of aliphatic hydroxyl groups excluding tert-OH is 8. The molecule has 1 aliphatic carbocycles. The van der Waals surface area contributed by atoms with Crippen molar-refractivity contribution in [1.82, 2.24) is 0 Å². The van der Waals surface area contributed by atoms with Crippen molar-refractivity contribution in [3.05, 3.63) is 0 Å². The lowest BCUT2D eigenvalue weighted by molar-refractivity contribution is -0.870. The van der Waals surface area contributed by atoms with Gasteiger partial charge in [0.05, 0.1) is 41.0 Å². The molecule has 3 unspecified atom stereocenters. The van der Waals surface area contributed by atoms with E-state index in [1.165, 1.54) is 0 Å². The van der Waals surface area contributed by atoms with Crippen LogP contribution in [0.15, 0.2) is 0 Å². The Bertz CT molecular complexity index is 473. The van der Waals surface area contributed by atoms with Crippen LogP contribution in [0.3, 0.4) is 0 Å². The Morgan fingerprint density at radius 3 is 1.71 bits per heavy atom. The van der Waals surface area contributed by atoms with Crippen molar-refractivity contribution in [2.24, 2.45) is 0 Å². The van der Waals surface area contributed by atoms with E-state index >= 15 is 0 Å². The zero-order valence-electron chi connectivity index (χ0n) is 16.0. The standard InChI is InChI=1S/C9H19O11P.C5H14NO/c10-1-3(11)2-19-21(17,18)20-9-7(15)5(13)4(12)6(14)8(9)16;1-6(2,3)4-5-7/h3-16H,1-2H2,(H,17,18);7H,4-5H2,1-3H3/q;+1/p-1/t3-,4?,5-,6+,7+,8+,9?;/m0./s1. The second-order valence-electron chi connectivity index (χ2n) is 7.34. The summed E-state index contributed by atoms with van der Waals surface area (Å²) in [6, 6.07) is 0. The van der Waals surface area contributed by atoms with Crippen molar-refractivity contribution in [3.8, 4) is 0 Å². The van der Waals surface area contributed by atoms with E-state index in [0.717, 1.165) is 11.0 Å². The molecule has 28 heavy (non-hydrogen) atoms. The Labute approximate surface area is 162 Å². The molecule has 0 aromatic heterocycles. The Balaban J connectivity index is 0.000000887. The Kier molecular flexibility index (Phi) is 11.7. The molecule has 8 atom stereocenters. The van der Waals surface area contributed by atoms with Crippen LogP contribution in [0, 0.1) is 0 Å². The number of rotatable bonds is 8. The van der Waals surface area contributed by atoms with Gasteiger partial charge in [-0.3, -0.25) is 4.57 Å². The number of phosphoric ester groups is 1. The average molecular weight is 437 g/mol. The number of phosphoric acid groups is 1. The minimum absolute atomic E-state index is 0.281. The Hall–Kier alpha value is -0.250. The van der Waals surface area contributed by atoms with Crippen LogP contribution in [-0.4, -0.2) is 136 Å². The van der Waals surface area contributed by atoms with Gasteiger partial charge >= 0.3 is 0 Å². The number of nitrogens with zero attached hydrogens (tertiary/aromatic N) is 1. The van der Waals surface area contributed by atoms with E-state index in [-0.39, 0.29) is 6.61 Å². The normalized spacial score (nSPS) is 34.1. The monoisotopic (exact) mass is 437 g/mol. The van der Waals surface area contributed by atoms with Crippen LogP contribution in [0.1, 0.15) is 0 Å². The molecule has 14 heteroatoms. The third-order valence-corrected chi connectivity index (χ3v) is 4.70. The highest BCUT2D eigenvalue weighted by molar-refractivity contribution is 7.45. The van der Waals surface area contributed by atoms with Gasteiger partial charge in [0, 0.05) is 0 Å². The molecule has 0 aromatic carbocycles. The first-order valence-electron chi connectivity index (χ1n) is 8.41. The average Bonchev–Trinajstić information content (AvgIpc) is 2.59. The maximum absolute atomic E-state index is 11.4. The molecule has 1 fully saturated rings. The minimum Gasteiger partial charge on any atom is -0.756 e. The van der Waals surface area contributed by atoms with Gasteiger partial charge in [0.25, 0.3) is 7.82 Å². The summed E-state index contributed by atoms with van der Waals surface area (Å²) in [6.07, 6.45) is -13.3. The van der Waals surface area contributed by atoms with Gasteiger partial charge < -0.3 is 59.3 Å². The summed E-state index contributed by atoms with van der Waals surface area (Å²) in [5.41, 5.74) is 0. The third-order valence-electron chi connectivity index (χ3n) is 3.73. The van der Waals surface area contributed by atoms with E-state index < -0.39 is 63.8 Å². The fraction of sp³-hybridized carbons (Fsp3) is 1.00. The van der Waals surface area contributed by atoms with Crippen LogP contribution in [0.2, 0.25) is 0 Å². The van der Waals surface area contributed by atoms with Crippen LogP contribution in [-0.2, 0) is 13.6 Å². The van der Waals surface area contributed by atoms with E-state index in [0.29, 0.717) is 0 Å². The van der Waals surface area contributed by atoms with Crippen molar-refractivity contribution in [1.29, 1.82) is 0 Å². The second-order valence-corrected chi connectivity index (χ2v) is 8.70. The van der Waals surface area contributed by atoms with Crippen LogP contribution in [0.4, 0.5) is 0 Å². The molecule has 8 N–H and O–H groups in total. The topological polar surface area (TPSA) is 220 Å². The van der Waals surface area contributed by atoms with E-state index in [1.807, 2.05) is 0 Å². The van der Waals surface area contributed by atoms with Crippen LogP contribution in [0.5, 0.6) is 0 Å². The first kappa shape index (κ1) is 27.8. The predicted molar refractivity (Wildman–Crippen MR) is 91.5 cm³/mol. The van der Waals surface area contributed by atoms with Crippen molar-refractivity contribution >= 4 is 7.82 Å². The predicted octanol–water partition coefficient (Wildman–Crippen LogP) is -5.29. The molecular formula is C14H32NO12P. The van der Waals surface area contributed by atoms with Crippen LogP contribution < -0.4 is 4.89 Å². The molecule has 0 amide bonds. The molecule has 0 heterocycles. The SMILES string of the molecule is C[N+](C)(C)CCO.O=P([O-])(OC[C@@H](O)CO)OC1[C@H](O)[C@H](O)C(O)[C@H](O)[C@H]1O. The molecule has 0 spiro atoms.